The maximum absolute atomic E-state index is 12.8. The number of likely N-dealkylation sites (tertiary alicyclic amines) is 1. The lowest BCUT2D eigenvalue weighted by molar-refractivity contribution is -0.145. The summed E-state index contributed by atoms with van der Waals surface area (Å²) in [6.45, 7) is 1.57. The Bertz CT molecular complexity index is 838. The van der Waals surface area contributed by atoms with Crippen LogP contribution in [0.4, 0.5) is 0 Å². The number of rotatable bonds is 6. The smallest absolute Gasteiger partial charge is 0.308 e. The first-order valence-electron chi connectivity index (χ1n) is 9.68. The van der Waals surface area contributed by atoms with E-state index in [4.69, 9.17) is 4.74 Å². The van der Waals surface area contributed by atoms with Crippen molar-refractivity contribution in [3.8, 4) is 0 Å². The Hall–Kier alpha value is -1.54. The van der Waals surface area contributed by atoms with Crippen molar-refractivity contribution < 1.29 is 23.9 Å². The summed E-state index contributed by atoms with van der Waals surface area (Å²) in [4.78, 5) is 51.3. The number of carbonyl (C=O) groups is 4. The van der Waals surface area contributed by atoms with Gasteiger partial charge in [0, 0.05) is 21.8 Å². The van der Waals surface area contributed by atoms with Gasteiger partial charge in [-0.1, -0.05) is 61.7 Å². The molecule has 4 rings (SSSR count). The van der Waals surface area contributed by atoms with Crippen LogP contribution >= 0.6 is 31.9 Å². The van der Waals surface area contributed by atoms with E-state index in [9.17, 15) is 19.2 Å². The first kappa shape index (κ1) is 20.7. The molecule has 2 saturated carbocycles. The number of hydrogen-bond acceptors (Lipinski definition) is 5. The van der Waals surface area contributed by atoms with E-state index < -0.39 is 5.97 Å². The summed E-state index contributed by atoms with van der Waals surface area (Å²) in [5.74, 6) is -1.52. The topological polar surface area (TPSA) is 80.8 Å². The summed E-state index contributed by atoms with van der Waals surface area (Å²) in [5.41, 5.74) is 1.51. The van der Waals surface area contributed by atoms with Gasteiger partial charge < -0.3 is 4.74 Å². The number of ketones is 1. The minimum Gasteiger partial charge on any atom is -0.457 e. The second-order valence-corrected chi connectivity index (χ2v) is 10.1. The number of halogens is 2. The fourth-order valence-electron chi connectivity index (χ4n) is 4.88. The van der Waals surface area contributed by atoms with Gasteiger partial charge in [-0.2, -0.15) is 0 Å². The van der Waals surface area contributed by atoms with Crippen LogP contribution in [0.5, 0.6) is 0 Å². The van der Waals surface area contributed by atoms with E-state index in [1.165, 1.54) is 4.90 Å². The van der Waals surface area contributed by atoms with Crippen molar-refractivity contribution in [3.05, 3.63) is 35.4 Å². The molecule has 1 aromatic carbocycles. The lowest BCUT2D eigenvalue weighted by atomic mass is 9.81. The Kier molecular flexibility index (Phi) is 5.68. The van der Waals surface area contributed by atoms with Crippen molar-refractivity contribution in [2.75, 3.05) is 13.2 Å². The SMILES string of the molecule is Cc1ccc(C(=O)COC(=O)CCN2C(=O)[C@@H]3[C@H]4C[C@@H]([C@@H](Br)[C@H]4Br)[C@H]3C2=O)cc1. The number of nitrogens with zero attached hydrogens (tertiary/aromatic N) is 1. The van der Waals surface area contributed by atoms with Crippen molar-refractivity contribution in [1.29, 1.82) is 0 Å². The highest BCUT2D eigenvalue weighted by atomic mass is 79.9. The van der Waals surface area contributed by atoms with Crippen molar-refractivity contribution in [2.45, 2.75) is 29.4 Å². The molecule has 0 aromatic heterocycles. The number of alkyl halides is 2. The summed E-state index contributed by atoms with van der Waals surface area (Å²) in [5, 5.41) is 0. The van der Waals surface area contributed by atoms with Gasteiger partial charge in [0.05, 0.1) is 18.3 Å². The number of aryl methyl sites for hydroxylation is 1. The number of benzene rings is 1. The van der Waals surface area contributed by atoms with Crippen molar-refractivity contribution in [3.63, 3.8) is 0 Å². The van der Waals surface area contributed by atoms with Crippen LogP contribution in [0.1, 0.15) is 28.8 Å². The Labute approximate surface area is 185 Å². The van der Waals surface area contributed by atoms with E-state index in [1.54, 1.807) is 12.1 Å². The van der Waals surface area contributed by atoms with E-state index in [1.807, 2.05) is 19.1 Å². The molecular weight excluding hydrogens is 506 g/mol. The molecule has 2 bridgehead atoms. The molecule has 154 valence electrons. The lowest BCUT2D eigenvalue weighted by Crippen LogP contribution is -2.37. The number of carbonyl (C=O) groups excluding carboxylic acids is 4. The normalized spacial score (nSPS) is 32.6. The third-order valence-corrected chi connectivity index (χ3v) is 9.56. The zero-order valence-corrected chi connectivity index (χ0v) is 19.0. The van der Waals surface area contributed by atoms with E-state index in [0.29, 0.717) is 5.56 Å². The van der Waals surface area contributed by atoms with E-state index >= 15 is 0 Å². The molecule has 8 heteroatoms. The van der Waals surface area contributed by atoms with Gasteiger partial charge in [0.1, 0.15) is 0 Å². The molecule has 6 nitrogen and oxygen atoms in total. The first-order chi connectivity index (χ1) is 13.8. The summed E-state index contributed by atoms with van der Waals surface area (Å²) in [6, 6.07) is 7.01. The van der Waals surface area contributed by atoms with Gasteiger partial charge in [0.25, 0.3) is 0 Å². The molecule has 0 unspecified atom stereocenters. The van der Waals surface area contributed by atoms with E-state index in [2.05, 4.69) is 31.9 Å². The highest BCUT2D eigenvalue weighted by Crippen LogP contribution is 2.60. The summed E-state index contributed by atoms with van der Waals surface area (Å²) in [6.07, 6.45) is 0.762. The monoisotopic (exact) mass is 525 g/mol. The number of Topliss-reactive ketones (excluding diaryl/α,β-unsaturated/α-hetero) is 1. The highest BCUT2D eigenvalue weighted by molar-refractivity contribution is 9.12. The molecule has 1 aliphatic heterocycles. The fourth-order valence-corrected chi connectivity index (χ4v) is 6.75. The Morgan fingerprint density at radius 1 is 1.03 bits per heavy atom. The van der Waals surface area contributed by atoms with Crippen LogP contribution in [0.3, 0.4) is 0 Å². The molecular formula is C21H21Br2NO5. The Morgan fingerprint density at radius 3 is 2.14 bits per heavy atom. The second-order valence-electron chi connectivity index (χ2n) is 8.03. The molecule has 3 aliphatic rings. The van der Waals surface area contributed by atoms with Gasteiger partial charge in [-0.25, -0.2) is 0 Å². The highest BCUT2D eigenvalue weighted by Gasteiger charge is 2.66. The number of imide groups is 1. The zero-order valence-electron chi connectivity index (χ0n) is 15.8. The van der Waals surface area contributed by atoms with Gasteiger partial charge in [-0.05, 0) is 25.2 Å². The van der Waals surface area contributed by atoms with Gasteiger partial charge in [-0.15, -0.1) is 0 Å². The Morgan fingerprint density at radius 2 is 1.59 bits per heavy atom. The predicted octanol–water partition coefficient (Wildman–Crippen LogP) is 2.89. The van der Waals surface area contributed by atoms with Crippen molar-refractivity contribution in [2.24, 2.45) is 23.7 Å². The third-order valence-electron chi connectivity index (χ3n) is 6.36. The first-order valence-corrected chi connectivity index (χ1v) is 11.5. The second kappa shape index (κ2) is 7.95. The maximum Gasteiger partial charge on any atom is 0.308 e. The lowest BCUT2D eigenvalue weighted by Gasteiger charge is -2.28. The number of ether oxygens (including phenoxy) is 1. The molecule has 2 aliphatic carbocycles. The molecule has 3 fully saturated rings. The molecule has 1 heterocycles. The predicted molar refractivity (Wildman–Crippen MR) is 112 cm³/mol. The van der Waals surface area contributed by atoms with Gasteiger partial charge in [0.15, 0.2) is 12.4 Å². The van der Waals surface area contributed by atoms with Crippen molar-refractivity contribution >= 4 is 55.4 Å². The van der Waals surface area contributed by atoms with Gasteiger partial charge in [0.2, 0.25) is 11.8 Å². The number of hydrogen-bond donors (Lipinski definition) is 0. The van der Waals surface area contributed by atoms with Gasteiger partial charge in [-0.3, -0.25) is 24.1 Å². The Balaban J connectivity index is 1.30. The van der Waals surface area contributed by atoms with Gasteiger partial charge >= 0.3 is 5.97 Å². The van der Waals surface area contributed by atoms with Crippen LogP contribution in [0.15, 0.2) is 24.3 Å². The number of esters is 1. The van der Waals surface area contributed by atoms with Crippen LogP contribution in [0.2, 0.25) is 0 Å². The fraction of sp³-hybridized carbons (Fsp3) is 0.524. The standard InChI is InChI=1S/C21H21Br2NO5/c1-10-2-4-11(5-3-10)14(25)9-29-15(26)6-7-24-20(27)16-12-8-13(17(16)21(24)28)19(23)18(12)22/h2-5,12-13,16-19H,6-9H2,1H3/t12-,13-,16-,17-,18-,19+/m1/s1. The number of fused-ring (bicyclic) bond motifs is 5. The molecule has 2 amide bonds. The quantitative estimate of drug-likeness (QED) is 0.246. The van der Waals surface area contributed by atoms with E-state index in [-0.39, 0.29) is 70.5 Å². The average molecular weight is 527 g/mol. The molecule has 29 heavy (non-hydrogen) atoms. The zero-order chi connectivity index (χ0) is 20.9. The average Bonchev–Trinajstić information content (AvgIpc) is 3.30. The van der Waals surface area contributed by atoms with Crippen LogP contribution < -0.4 is 0 Å². The molecule has 6 atom stereocenters. The van der Waals surface area contributed by atoms with E-state index in [0.717, 1.165) is 12.0 Å². The summed E-state index contributed by atoms with van der Waals surface area (Å²) < 4.78 is 5.05. The van der Waals surface area contributed by atoms with Crippen LogP contribution in [0, 0.1) is 30.6 Å². The van der Waals surface area contributed by atoms with Crippen LogP contribution in [0.25, 0.3) is 0 Å². The van der Waals surface area contributed by atoms with Crippen LogP contribution in [-0.4, -0.2) is 51.3 Å². The summed E-state index contributed by atoms with van der Waals surface area (Å²) in [7, 11) is 0. The minimum absolute atomic E-state index is 0.00155. The minimum atomic E-state index is -0.595. The van der Waals surface area contributed by atoms with Crippen molar-refractivity contribution in [1.82, 2.24) is 4.90 Å². The third kappa shape index (κ3) is 3.58. The maximum atomic E-state index is 12.8. The molecule has 0 spiro atoms. The molecule has 1 aromatic rings. The van der Waals surface area contributed by atoms with Crippen LogP contribution in [-0.2, 0) is 19.1 Å². The molecule has 0 radical (unpaired) electrons. The number of amides is 2. The molecule has 0 N–H and O–H groups in total. The largest absolute Gasteiger partial charge is 0.457 e. The molecule has 1 saturated heterocycles. The summed E-state index contributed by atoms with van der Waals surface area (Å²) >= 11 is 7.30.